The summed E-state index contributed by atoms with van der Waals surface area (Å²) in [5.74, 6) is 0.472. The minimum absolute atomic E-state index is 0.295. The minimum atomic E-state index is 0.295. The van der Waals surface area contributed by atoms with Crippen molar-refractivity contribution in [3.8, 4) is 0 Å². The van der Waals surface area contributed by atoms with Gasteiger partial charge in [0.15, 0.2) is 0 Å². The van der Waals surface area contributed by atoms with Crippen LogP contribution in [-0.2, 0) is 6.54 Å². The zero-order valence-electron chi connectivity index (χ0n) is 15.4. The average Bonchev–Trinajstić information content (AvgIpc) is 3.05. The van der Waals surface area contributed by atoms with Crippen LogP contribution >= 0.6 is 0 Å². The van der Waals surface area contributed by atoms with Gasteiger partial charge in [-0.3, -0.25) is 14.9 Å². The number of rotatable bonds is 6. The van der Waals surface area contributed by atoms with Crippen molar-refractivity contribution in [2.24, 2.45) is 0 Å². The number of H-pyrrole nitrogens is 1. The minimum Gasteiger partial charge on any atom is -0.396 e. The molecule has 5 nitrogen and oxygen atoms in total. The van der Waals surface area contributed by atoms with Crippen molar-refractivity contribution >= 4 is 0 Å². The van der Waals surface area contributed by atoms with Crippen LogP contribution in [0.4, 0.5) is 0 Å². The Morgan fingerprint density at radius 1 is 1.25 bits per heavy atom. The zero-order valence-corrected chi connectivity index (χ0v) is 15.4. The number of nitrogens with one attached hydrogen (secondary N) is 1. The number of aromatic amines is 1. The van der Waals surface area contributed by atoms with Gasteiger partial charge in [0.1, 0.15) is 0 Å². The lowest BCUT2D eigenvalue weighted by molar-refractivity contribution is 0.0133. The SMILES string of the molecule is CC(C)c1cc(CN2CCN(C3CCCCC3)[C@H](CCO)C2)[nH]n1. The summed E-state index contributed by atoms with van der Waals surface area (Å²) < 4.78 is 0. The van der Waals surface area contributed by atoms with Crippen LogP contribution in [0.25, 0.3) is 0 Å². The van der Waals surface area contributed by atoms with Crippen LogP contribution in [-0.4, -0.2) is 63.4 Å². The van der Waals surface area contributed by atoms with Gasteiger partial charge in [0.25, 0.3) is 0 Å². The molecule has 1 aliphatic carbocycles. The lowest BCUT2D eigenvalue weighted by atomic mass is 9.92. The number of aliphatic hydroxyl groups is 1. The van der Waals surface area contributed by atoms with Gasteiger partial charge < -0.3 is 5.11 Å². The highest BCUT2D eigenvalue weighted by Gasteiger charge is 2.32. The van der Waals surface area contributed by atoms with E-state index in [1.54, 1.807) is 0 Å². The van der Waals surface area contributed by atoms with Gasteiger partial charge in [-0.1, -0.05) is 33.1 Å². The van der Waals surface area contributed by atoms with Gasteiger partial charge in [-0.05, 0) is 31.2 Å². The van der Waals surface area contributed by atoms with Crippen molar-refractivity contribution in [2.45, 2.75) is 76.9 Å². The molecule has 136 valence electrons. The van der Waals surface area contributed by atoms with Gasteiger partial charge in [0.2, 0.25) is 0 Å². The predicted molar refractivity (Wildman–Crippen MR) is 97.0 cm³/mol. The molecule has 5 heteroatoms. The highest BCUT2D eigenvalue weighted by Crippen LogP contribution is 2.27. The Bertz CT molecular complexity index is 495. The number of piperazine rings is 1. The summed E-state index contributed by atoms with van der Waals surface area (Å²) in [7, 11) is 0. The fourth-order valence-electron chi connectivity index (χ4n) is 4.37. The molecule has 0 radical (unpaired) electrons. The molecule has 2 N–H and O–H groups in total. The molecule has 0 bridgehead atoms. The summed E-state index contributed by atoms with van der Waals surface area (Å²) in [5.41, 5.74) is 2.37. The van der Waals surface area contributed by atoms with Gasteiger partial charge in [-0.2, -0.15) is 5.10 Å². The van der Waals surface area contributed by atoms with E-state index in [1.165, 1.54) is 37.8 Å². The number of aromatic nitrogens is 2. The standard InChI is InChI=1S/C19H34N4O/c1-15(2)19-12-16(20-21-19)13-22-9-10-23(18(14-22)8-11-24)17-6-4-3-5-7-17/h12,15,17-18,24H,3-11,13-14H2,1-2H3,(H,20,21)/t18-/m1/s1. The average molecular weight is 335 g/mol. The zero-order chi connectivity index (χ0) is 16.9. The van der Waals surface area contributed by atoms with Gasteiger partial charge in [0, 0.05) is 50.6 Å². The maximum Gasteiger partial charge on any atom is 0.0650 e. The quantitative estimate of drug-likeness (QED) is 0.840. The summed E-state index contributed by atoms with van der Waals surface area (Å²) in [4.78, 5) is 5.23. The Kier molecular flexibility index (Phi) is 6.31. The molecule has 2 aliphatic rings. The van der Waals surface area contributed by atoms with Crippen LogP contribution in [0, 0.1) is 0 Å². The molecule has 0 unspecified atom stereocenters. The Morgan fingerprint density at radius 2 is 2.04 bits per heavy atom. The summed E-state index contributed by atoms with van der Waals surface area (Å²) in [5, 5.41) is 17.1. The van der Waals surface area contributed by atoms with E-state index in [0.717, 1.165) is 44.3 Å². The fourth-order valence-corrected chi connectivity index (χ4v) is 4.37. The maximum absolute atomic E-state index is 9.51. The molecule has 1 aromatic rings. The number of hydrogen-bond acceptors (Lipinski definition) is 4. The summed E-state index contributed by atoms with van der Waals surface area (Å²) in [6, 6.07) is 3.45. The Morgan fingerprint density at radius 3 is 2.71 bits per heavy atom. The third-order valence-electron chi connectivity index (χ3n) is 5.75. The summed E-state index contributed by atoms with van der Waals surface area (Å²) >= 11 is 0. The lowest BCUT2D eigenvalue weighted by Crippen LogP contribution is -2.56. The second kappa shape index (κ2) is 8.45. The first kappa shape index (κ1) is 17.9. The van der Waals surface area contributed by atoms with Crippen molar-refractivity contribution in [2.75, 3.05) is 26.2 Å². The van der Waals surface area contributed by atoms with Crippen LogP contribution in [0.3, 0.4) is 0 Å². The van der Waals surface area contributed by atoms with E-state index in [9.17, 15) is 5.11 Å². The Balaban J connectivity index is 1.59. The molecule has 0 spiro atoms. The summed E-state index contributed by atoms with van der Waals surface area (Å²) in [6.07, 6.45) is 7.75. The molecular formula is C19H34N4O. The lowest BCUT2D eigenvalue weighted by Gasteiger charge is -2.46. The van der Waals surface area contributed by atoms with Crippen molar-refractivity contribution < 1.29 is 5.11 Å². The first-order chi connectivity index (χ1) is 11.7. The second-order valence-electron chi connectivity index (χ2n) is 7.90. The number of hydrogen-bond donors (Lipinski definition) is 2. The van der Waals surface area contributed by atoms with E-state index in [2.05, 4.69) is 39.9 Å². The van der Waals surface area contributed by atoms with Crippen LogP contribution in [0.2, 0.25) is 0 Å². The second-order valence-corrected chi connectivity index (χ2v) is 7.90. The normalized spacial score (nSPS) is 24.8. The highest BCUT2D eigenvalue weighted by molar-refractivity contribution is 5.12. The van der Waals surface area contributed by atoms with Gasteiger partial charge in [0.05, 0.1) is 5.69 Å². The number of nitrogens with zero attached hydrogens (tertiary/aromatic N) is 3. The molecule has 0 aromatic carbocycles. The largest absolute Gasteiger partial charge is 0.396 e. The van der Waals surface area contributed by atoms with Crippen molar-refractivity contribution in [3.63, 3.8) is 0 Å². The molecule has 1 aromatic heterocycles. The van der Waals surface area contributed by atoms with E-state index in [-0.39, 0.29) is 0 Å². The van der Waals surface area contributed by atoms with Crippen LogP contribution < -0.4 is 0 Å². The fraction of sp³-hybridized carbons (Fsp3) is 0.842. The third-order valence-corrected chi connectivity index (χ3v) is 5.75. The van der Waals surface area contributed by atoms with Crippen molar-refractivity contribution in [1.82, 2.24) is 20.0 Å². The van der Waals surface area contributed by atoms with E-state index in [0.29, 0.717) is 18.6 Å². The van der Waals surface area contributed by atoms with Gasteiger partial charge >= 0.3 is 0 Å². The Hall–Kier alpha value is -0.910. The highest BCUT2D eigenvalue weighted by atomic mass is 16.3. The van der Waals surface area contributed by atoms with Crippen LogP contribution in [0.1, 0.15) is 69.7 Å². The molecule has 3 rings (SSSR count). The van der Waals surface area contributed by atoms with Gasteiger partial charge in [-0.25, -0.2) is 0 Å². The van der Waals surface area contributed by atoms with Gasteiger partial charge in [-0.15, -0.1) is 0 Å². The first-order valence-electron chi connectivity index (χ1n) is 9.80. The third kappa shape index (κ3) is 4.38. The van der Waals surface area contributed by atoms with Crippen molar-refractivity contribution in [3.05, 3.63) is 17.5 Å². The molecule has 2 fully saturated rings. The van der Waals surface area contributed by atoms with Crippen LogP contribution in [0.15, 0.2) is 6.07 Å². The molecule has 1 atom stereocenters. The molecule has 0 amide bonds. The van der Waals surface area contributed by atoms with E-state index in [1.807, 2.05) is 0 Å². The van der Waals surface area contributed by atoms with E-state index in [4.69, 9.17) is 0 Å². The van der Waals surface area contributed by atoms with Crippen molar-refractivity contribution in [1.29, 1.82) is 0 Å². The Labute approximate surface area is 146 Å². The molecule has 1 saturated heterocycles. The maximum atomic E-state index is 9.51. The first-order valence-corrected chi connectivity index (χ1v) is 9.80. The summed E-state index contributed by atoms with van der Waals surface area (Å²) in [6.45, 7) is 8.92. The topological polar surface area (TPSA) is 55.4 Å². The molecular weight excluding hydrogens is 300 g/mol. The monoisotopic (exact) mass is 334 g/mol. The molecule has 1 aliphatic heterocycles. The smallest absolute Gasteiger partial charge is 0.0650 e. The predicted octanol–water partition coefficient (Wildman–Crippen LogP) is 2.73. The van der Waals surface area contributed by atoms with Crippen LogP contribution in [0.5, 0.6) is 0 Å². The molecule has 1 saturated carbocycles. The molecule has 24 heavy (non-hydrogen) atoms. The number of aliphatic hydroxyl groups excluding tert-OH is 1. The molecule has 2 heterocycles. The van der Waals surface area contributed by atoms with E-state index >= 15 is 0 Å². The van der Waals surface area contributed by atoms with E-state index < -0.39 is 0 Å².